The Morgan fingerprint density at radius 1 is 1.35 bits per heavy atom. The maximum atomic E-state index is 11.9. The Hall–Kier alpha value is -1.97. The number of benzene rings is 1. The van der Waals surface area contributed by atoms with E-state index < -0.39 is 14.9 Å². The fourth-order valence-corrected chi connectivity index (χ4v) is 4.55. The van der Waals surface area contributed by atoms with Gasteiger partial charge in [-0.15, -0.1) is 11.3 Å². The van der Waals surface area contributed by atoms with E-state index in [9.17, 15) is 18.5 Å². The van der Waals surface area contributed by atoms with Crippen molar-refractivity contribution in [1.29, 1.82) is 0 Å². The number of hydrogen-bond acceptors (Lipinski definition) is 6. The topological polar surface area (TPSA) is 107 Å². The van der Waals surface area contributed by atoms with Crippen LogP contribution in [0.3, 0.4) is 0 Å². The molecule has 1 saturated heterocycles. The number of anilines is 1. The van der Waals surface area contributed by atoms with Crippen LogP contribution in [0.1, 0.15) is 23.8 Å². The van der Waals surface area contributed by atoms with Gasteiger partial charge in [0.25, 0.3) is 5.69 Å². The third-order valence-corrected chi connectivity index (χ3v) is 5.81. The normalized spacial score (nSPS) is 18.3. The summed E-state index contributed by atoms with van der Waals surface area (Å²) in [6.07, 6.45) is 1.82. The first-order chi connectivity index (χ1) is 10.9. The molecule has 23 heavy (non-hydrogen) atoms. The molecule has 0 aliphatic carbocycles. The molecule has 1 aromatic heterocycles. The van der Waals surface area contributed by atoms with Gasteiger partial charge in [0.05, 0.1) is 16.7 Å². The molecule has 1 fully saturated rings. The maximum absolute atomic E-state index is 11.9. The zero-order valence-corrected chi connectivity index (χ0v) is 13.7. The minimum atomic E-state index is -4.06. The Balaban J connectivity index is 2.10. The predicted octanol–water partition coefficient (Wildman–Crippen LogP) is 2.65. The van der Waals surface area contributed by atoms with E-state index in [-0.39, 0.29) is 16.6 Å². The van der Waals surface area contributed by atoms with Crippen LogP contribution in [0.25, 0.3) is 0 Å². The molecule has 1 atom stereocenters. The van der Waals surface area contributed by atoms with Gasteiger partial charge >= 0.3 is 0 Å². The highest BCUT2D eigenvalue weighted by Gasteiger charge is 2.31. The number of nitrogens with two attached hydrogens (primary N) is 1. The zero-order chi connectivity index (χ0) is 16.6. The summed E-state index contributed by atoms with van der Waals surface area (Å²) < 4.78 is 23.8. The third-order valence-electron chi connectivity index (χ3n) is 3.89. The minimum Gasteiger partial charge on any atom is -0.363 e. The van der Waals surface area contributed by atoms with Crippen molar-refractivity contribution in [3.63, 3.8) is 0 Å². The number of rotatable bonds is 4. The van der Waals surface area contributed by atoms with Crippen LogP contribution in [-0.2, 0) is 10.0 Å². The standard InChI is InChI=1S/C14H15N3O4S2/c15-23(20,21)14-9-10(17(18)19)5-6-12(14)16-7-1-3-11(16)13-4-2-8-22-13/h2,4-6,8-9,11H,1,3,7H2,(H2,15,20,21). The van der Waals surface area contributed by atoms with Gasteiger partial charge in [0.2, 0.25) is 10.0 Å². The summed E-state index contributed by atoms with van der Waals surface area (Å²) in [5.74, 6) is 0. The number of nitrogens with zero attached hydrogens (tertiary/aromatic N) is 2. The van der Waals surface area contributed by atoms with Crippen LogP contribution in [0, 0.1) is 10.1 Å². The van der Waals surface area contributed by atoms with Crippen molar-refractivity contribution in [1.82, 2.24) is 0 Å². The van der Waals surface area contributed by atoms with Crippen molar-refractivity contribution >= 4 is 32.7 Å². The van der Waals surface area contributed by atoms with Crippen molar-refractivity contribution in [3.8, 4) is 0 Å². The Morgan fingerprint density at radius 2 is 2.13 bits per heavy atom. The van der Waals surface area contributed by atoms with E-state index in [0.29, 0.717) is 12.2 Å². The summed E-state index contributed by atoms with van der Waals surface area (Å²) in [5.41, 5.74) is 0.138. The second kappa shape index (κ2) is 5.91. The first kappa shape index (κ1) is 15.9. The Kier molecular flexibility index (Phi) is 4.09. The molecule has 9 heteroatoms. The van der Waals surface area contributed by atoms with E-state index in [1.54, 1.807) is 11.3 Å². The molecule has 2 aromatic rings. The Bertz CT molecular complexity index is 834. The Labute approximate surface area is 137 Å². The number of nitro groups is 1. The molecule has 0 bridgehead atoms. The van der Waals surface area contributed by atoms with Crippen molar-refractivity contribution in [2.45, 2.75) is 23.8 Å². The Morgan fingerprint density at radius 3 is 2.74 bits per heavy atom. The lowest BCUT2D eigenvalue weighted by Gasteiger charge is -2.27. The highest BCUT2D eigenvalue weighted by Crippen LogP contribution is 2.41. The van der Waals surface area contributed by atoms with Crippen molar-refractivity contribution in [2.24, 2.45) is 5.14 Å². The third kappa shape index (κ3) is 3.07. The molecule has 1 aliphatic rings. The smallest absolute Gasteiger partial charge is 0.270 e. The second-order valence-electron chi connectivity index (χ2n) is 5.32. The van der Waals surface area contributed by atoms with Gasteiger partial charge in [-0.25, -0.2) is 13.6 Å². The molecule has 2 heterocycles. The molecule has 1 aromatic carbocycles. The molecule has 2 N–H and O–H groups in total. The molecular formula is C14H15N3O4S2. The molecule has 3 rings (SSSR count). The number of sulfonamides is 1. The lowest BCUT2D eigenvalue weighted by atomic mass is 10.1. The van der Waals surface area contributed by atoms with Gasteiger partial charge in [-0.3, -0.25) is 10.1 Å². The fraction of sp³-hybridized carbons (Fsp3) is 0.286. The fourth-order valence-electron chi connectivity index (χ4n) is 2.91. The van der Waals surface area contributed by atoms with E-state index in [1.807, 2.05) is 22.4 Å². The number of primary sulfonamides is 1. The van der Waals surface area contributed by atoms with E-state index in [1.165, 1.54) is 12.1 Å². The lowest BCUT2D eigenvalue weighted by molar-refractivity contribution is -0.385. The highest BCUT2D eigenvalue weighted by atomic mass is 32.2. The van der Waals surface area contributed by atoms with Gasteiger partial charge in [0.15, 0.2) is 0 Å². The maximum Gasteiger partial charge on any atom is 0.270 e. The molecule has 0 saturated carbocycles. The average Bonchev–Trinajstić information content (AvgIpc) is 3.16. The molecule has 7 nitrogen and oxygen atoms in total. The lowest BCUT2D eigenvalue weighted by Crippen LogP contribution is -2.25. The summed E-state index contributed by atoms with van der Waals surface area (Å²) in [4.78, 5) is 13.2. The summed E-state index contributed by atoms with van der Waals surface area (Å²) in [7, 11) is -4.06. The van der Waals surface area contributed by atoms with Gasteiger partial charge in [0.1, 0.15) is 4.90 Å². The SMILES string of the molecule is NS(=O)(=O)c1cc([N+](=O)[O-])ccc1N1CCCC1c1cccs1. The van der Waals surface area contributed by atoms with Crippen LogP contribution < -0.4 is 10.0 Å². The number of non-ortho nitro benzene ring substituents is 1. The van der Waals surface area contributed by atoms with E-state index in [2.05, 4.69) is 0 Å². The van der Waals surface area contributed by atoms with Crippen LogP contribution in [0.15, 0.2) is 40.6 Å². The van der Waals surface area contributed by atoms with E-state index in [4.69, 9.17) is 5.14 Å². The summed E-state index contributed by atoms with van der Waals surface area (Å²) in [5, 5.41) is 18.2. The second-order valence-corrected chi connectivity index (χ2v) is 7.83. The molecule has 0 radical (unpaired) electrons. The summed E-state index contributed by atoms with van der Waals surface area (Å²) in [6.45, 7) is 0.683. The first-order valence-corrected chi connectivity index (χ1v) is 9.42. The zero-order valence-electron chi connectivity index (χ0n) is 12.1. The number of hydrogen-bond donors (Lipinski definition) is 1. The number of thiophene rings is 1. The average molecular weight is 353 g/mol. The van der Waals surface area contributed by atoms with Gasteiger partial charge < -0.3 is 4.90 Å². The van der Waals surface area contributed by atoms with Gasteiger partial charge in [-0.1, -0.05) is 6.07 Å². The van der Waals surface area contributed by atoms with Crippen molar-refractivity contribution < 1.29 is 13.3 Å². The molecule has 0 spiro atoms. The largest absolute Gasteiger partial charge is 0.363 e. The highest BCUT2D eigenvalue weighted by molar-refractivity contribution is 7.89. The van der Waals surface area contributed by atoms with Crippen LogP contribution in [-0.4, -0.2) is 19.9 Å². The van der Waals surface area contributed by atoms with Crippen molar-refractivity contribution in [2.75, 3.05) is 11.4 Å². The van der Waals surface area contributed by atoms with Crippen LogP contribution in [0.5, 0.6) is 0 Å². The molecule has 1 unspecified atom stereocenters. The first-order valence-electron chi connectivity index (χ1n) is 6.99. The van der Waals surface area contributed by atoms with E-state index in [0.717, 1.165) is 23.8 Å². The van der Waals surface area contributed by atoms with Gasteiger partial charge in [-0.2, -0.15) is 0 Å². The predicted molar refractivity (Wildman–Crippen MR) is 88.1 cm³/mol. The van der Waals surface area contributed by atoms with Crippen LogP contribution >= 0.6 is 11.3 Å². The van der Waals surface area contributed by atoms with Gasteiger partial charge in [-0.05, 0) is 30.4 Å². The summed E-state index contributed by atoms with van der Waals surface area (Å²) in [6, 6.07) is 7.85. The quantitative estimate of drug-likeness (QED) is 0.672. The van der Waals surface area contributed by atoms with Crippen LogP contribution in [0.4, 0.5) is 11.4 Å². The molecule has 1 aliphatic heterocycles. The van der Waals surface area contributed by atoms with Gasteiger partial charge in [0, 0.05) is 23.6 Å². The van der Waals surface area contributed by atoms with Crippen molar-refractivity contribution in [3.05, 3.63) is 50.7 Å². The monoisotopic (exact) mass is 353 g/mol. The summed E-state index contributed by atoms with van der Waals surface area (Å²) >= 11 is 1.61. The number of nitro benzene ring substituents is 1. The molecule has 122 valence electrons. The van der Waals surface area contributed by atoms with E-state index >= 15 is 0 Å². The molecule has 0 amide bonds. The van der Waals surface area contributed by atoms with Crippen LogP contribution in [0.2, 0.25) is 0 Å². The molecular weight excluding hydrogens is 338 g/mol. The minimum absolute atomic E-state index is 0.0666.